The number of halogens is 4. The molecule has 0 bridgehead atoms. The summed E-state index contributed by atoms with van der Waals surface area (Å²) in [6, 6.07) is 5.26. The Labute approximate surface area is 350 Å². The average Bonchev–Trinajstić information content (AvgIpc) is 3.09. The summed E-state index contributed by atoms with van der Waals surface area (Å²) in [4.78, 5) is 85.5. The SMILES string of the molecule is CC(C)OC(=O)c1cc(-n2c(=O)cc(C(F)(F)F)n(C)c2=O)ccc1Cl.CCC(CC)Nc1c([N+](=O)[O-])cc(C)c(C)c1[N+](=O)[O-].C[S+](C)C.O=C(O)CNCP(=O)([O-])O. The zero-order chi connectivity index (χ0) is 47.0. The monoisotopic (exact) mass is 916 g/mol. The number of nitrogens with zero attached hydrogens (tertiary/aromatic N) is 4. The van der Waals surface area contributed by atoms with Crippen molar-refractivity contribution in [1.29, 1.82) is 0 Å². The molecule has 0 aliphatic rings. The van der Waals surface area contributed by atoms with Crippen molar-refractivity contribution < 1.29 is 56.8 Å². The van der Waals surface area contributed by atoms with E-state index in [4.69, 9.17) is 26.3 Å². The number of hydrogen-bond donors (Lipinski definition) is 4. The zero-order valence-electron chi connectivity index (χ0n) is 34.4. The smallest absolute Gasteiger partial charge is 0.431 e. The molecule has 0 aliphatic carbocycles. The number of aromatic nitrogens is 2. The second-order valence-corrected chi connectivity index (χ2v) is 17.7. The number of ether oxygens (including phenoxy) is 1. The van der Waals surface area contributed by atoms with E-state index in [1.807, 2.05) is 19.2 Å². The molecule has 1 heterocycles. The highest BCUT2D eigenvalue weighted by Crippen LogP contribution is 2.39. The van der Waals surface area contributed by atoms with Gasteiger partial charge in [-0.3, -0.25) is 39.7 Å². The zero-order valence-corrected chi connectivity index (χ0v) is 36.9. The number of nitro benzene ring substituents is 2. The highest BCUT2D eigenvalue weighted by atomic mass is 35.5. The minimum Gasteiger partial charge on any atom is -0.778 e. The molecular weight excluding hydrogens is 868 g/mol. The molecule has 336 valence electrons. The van der Waals surface area contributed by atoms with Crippen LogP contribution < -0.4 is 26.8 Å². The van der Waals surface area contributed by atoms with E-state index in [2.05, 4.69) is 24.1 Å². The number of carboxylic acid groups (broad SMARTS) is 1. The third-order valence-corrected chi connectivity index (χ3v) is 8.43. The number of esters is 1. The molecule has 3 aromatic rings. The third kappa shape index (κ3) is 18.2. The lowest BCUT2D eigenvalue weighted by Gasteiger charge is -2.17. The van der Waals surface area contributed by atoms with E-state index in [1.54, 1.807) is 27.7 Å². The molecule has 2 aromatic carbocycles. The number of alkyl halides is 3. The fraction of sp³-hybridized carbons (Fsp3) is 0.486. The molecule has 19 nitrogen and oxygen atoms in total. The maximum atomic E-state index is 12.9. The Bertz CT molecular complexity index is 2160. The van der Waals surface area contributed by atoms with Gasteiger partial charge in [-0.1, -0.05) is 25.4 Å². The summed E-state index contributed by atoms with van der Waals surface area (Å²) in [6.45, 7) is 9.86. The Morgan fingerprint density at radius 3 is 1.98 bits per heavy atom. The van der Waals surface area contributed by atoms with Gasteiger partial charge in [0, 0.05) is 30.8 Å². The Balaban J connectivity index is 0.000000901. The van der Waals surface area contributed by atoms with E-state index < -0.39 is 71.4 Å². The summed E-state index contributed by atoms with van der Waals surface area (Å²) < 4.78 is 54.5. The summed E-state index contributed by atoms with van der Waals surface area (Å²) in [5, 5.41) is 35.4. The summed E-state index contributed by atoms with van der Waals surface area (Å²) in [5.74, 6) is -1.96. The standard InChI is InChI=1S/C16H14ClF3N2O4.C13H19N3O4.C3H8NO5P.C3H9S/c1-8(2)26-14(24)10-6-9(4-5-11(10)17)22-13(23)7-12(16(18,19)20)21(3)15(22)25;1-5-10(6-2)14-12-11(15(17)18)7-8(3)9(4)13(12)16(19)20;5-3(6)1-4-2-10(7,8)9;1-4(2)3/h4-8H,1-3H3;7,10,14H,5-6H2,1-4H3;4H,1-2H2,(H,5,6)(H2,7,8,9);1-3H3/q;;;+1/p-1. The first kappa shape index (κ1) is 55.2. The third-order valence-electron chi connectivity index (χ3n) is 7.48. The molecule has 0 amide bonds. The molecule has 1 aromatic heterocycles. The molecule has 0 saturated carbocycles. The van der Waals surface area contributed by atoms with E-state index >= 15 is 0 Å². The van der Waals surface area contributed by atoms with Crippen molar-refractivity contribution in [3.05, 3.63) is 98.8 Å². The summed E-state index contributed by atoms with van der Waals surface area (Å²) in [5.41, 5.74) is -3.45. The van der Waals surface area contributed by atoms with Gasteiger partial charge in [0.2, 0.25) is 0 Å². The topological polar surface area (TPSA) is 278 Å². The number of nitro groups is 2. The normalized spacial score (nSPS) is 11.9. The van der Waals surface area contributed by atoms with Crippen molar-refractivity contribution >= 4 is 59.1 Å². The minimum atomic E-state index is -4.86. The van der Waals surface area contributed by atoms with E-state index in [0.29, 0.717) is 37.2 Å². The number of hydrogen-bond acceptors (Lipinski definition) is 13. The van der Waals surface area contributed by atoms with Crippen LogP contribution in [0.3, 0.4) is 0 Å². The number of carboxylic acids is 1. The molecule has 1 atom stereocenters. The van der Waals surface area contributed by atoms with Gasteiger partial charge in [0.25, 0.3) is 11.2 Å². The minimum absolute atomic E-state index is 0.0104. The van der Waals surface area contributed by atoms with Crippen LogP contribution in [-0.2, 0) is 38.2 Å². The van der Waals surface area contributed by atoms with Crippen molar-refractivity contribution in [2.45, 2.75) is 72.7 Å². The quantitative estimate of drug-likeness (QED) is 0.0567. The summed E-state index contributed by atoms with van der Waals surface area (Å²) in [6.07, 6.45) is 2.04. The molecule has 0 aliphatic heterocycles. The number of aliphatic carboxylic acids is 1. The number of aryl methyl sites for hydroxylation is 1. The summed E-state index contributed by atoms with van der Waals surface area (Å²) >= 11 is 5.94. The highest BCUT2D eigenvalue weighted by Gasteiger charge is 2.35. The fourth-order valence-electron chi connectivity index (χ4n) is 4.62. The van der Waals surface area contributed by atoms with Crippen LogP contribution >= 0.6 is 19.2 Å². The van der Waals surface area contributed by atoms with Crippen molar-refractivity contribution in [2.24, 2.45) is 7.05 Å². The molecule has 0 fully saturated rings. The number of rotatable bonds is 13. The molecule has 0 radical (unpaired) electrons. The van der Waals surface area contributed by atoms with Crippen molar-refractivity contribution in [2.75, 3.05) is 36.9 Å². The van der Waals surface area contributed by atoms with Crippen LogP contribution in [0.5, 0.6) is 0 Å². The second-order valence-electron chi connectivity index (χ2n) is 13.2. The highest BCUT2D eigenvalue weighted by molar-refractivity contribution is 7.94. The Hall–Kier alpha value is -4.80. The summed E-state index contributed by atoms with van der Waals surface area (Å²) in [7, 11) is -2.81. The van der Waals surface area contributed by atoms with Gasteiger partial charge in [0.05, 0.1) is 63.8 Å². The van der Waals surface area contributed by atoms with Crippen LogP contribution in [0.2, 0.25) is 5.02 Å². The van der Waals surface area contributed by atoms with Crippen LogP contribution in [-0.4, -0.2) is 84.7 Å². The van der Waals surface area contributed by atoms with Crippen LogP contribution in [0.4, 0.5) is 30.2 Å². The van der Waals surface area contributed by atoms with Gasteiger partial charge in [0.1, 0.15) is 13.3 Å². The number of benzene rings is 2. The predicted octanol–water partition coefficient (Wildman–Crippen LogP) is 5.15. The number of carbonyl (C=O) groups is 2. The number of anilines is 1. The van der Waals surface area contributed by atoms with Crippen LogP contribution in [0.25, 0.3) is 5.69 Å². The lowest BCUT2D eigenvalue weighted by Crippen LogP contribution is -2.40. The Kier molecular flexibility index (Phi) is 22.5. The molecule has 4 N–H and O–H groups in total. The van der Waals surface area contributed by atoms with Crippen LogP contribution in [0.1, 0.15) is 67.7 Å². The number of carbonyl (C=O) groups excluding carboxylic acids is 1. The molecule has 3 rings (SSSR count). The van der Waals surface area contributed by atoms with Gasteiger partial charge in [-0.15, -0.1) is 0 Å². The molecule has 1 unspecified atom stereocenters. The molecule has 0 saturated heterocycles. The van der Waals surface area contributed by atoms with Crippen LogP contribution in [0, 0.1) is 34.1 Å². The van der Waals surface area contributed by atoms with Crippen molar-refractivity contribution in [1.82, 2.24) is 14.5 Å². The van der Waals surface area contributed by atoms with E-state index in [-0.39, 0.29) is 39.4 Å². The Morgan fingerprint density at radius 1 is 1.03 bits per heavy atom. The predicted molar refractivity (Wildman–Crippen MR) is 221 cm³/mol. The van der Waals surface area contributed by atoms with Gasteiger partial charge >= 0.3 is 29.5 Å². The van der Waals surface area contributed by atoms with Gasteiger partial charge in [-0.05, 0) is 75.2 Å². The van der Waals surface area contributed by atoms with E-state index in [9.17, 15) is 62.0 Å². The van der Waals surface area contributed by atoms with E-state index in [1.165, 1.54) is 18.2 Å². The Morgan fingerprint density at radius 2 is 1.57 bits per heavy atom. The molecule has 0 spiro atoms. The van der Waals surface area contributed by atoms with Gasteiger partial charge in [0.15, 0.2) is 5.69 Å². The molecular formula is C35H49ClF3N6O13PS. The largest absolute Gasteiger partial charge is 0.778 e. The maximum absolute atomic E-state index is 12.9. The van der Waals surface area contributed by atoms with Gasteiger partial charge in [-0.25, -0.2) is 14.2 Å². The second kappa shape index (κ2) is 24.5. The van der Waals surface area contributed by atoms with Crippen molar-refractivity contribution in [3.8, 4) is 5.69 Å². The fourth-order valence-corrected chi connectivity index (χ4v) is 5.21. The first-order chi connectivity index (χ1) is 27.4. The van der Waals surface area contributed by atoms with Crippen molar-refractivity contribution in [3.63, 3.8) is 0 Å². The first-order valence-corrected chi connectivity index (χ1v) is 22.1. The number of nitrogens with one attached hydrogen (secondary N) is 2. The first-order valence-electron chi connectivity index (χ1n) is 17.5. The van der Waals surface area contributed by atoms with Gasteiger partial charge < -0.3 is 29.5 Å². The lowest BCUT2D eigenvalue weighted by molar-refractivity contribution is -0.392. The average molecular weight is 917 g/mol. The van der Waals surface area contributed by atoms with Crippen LogP contribution in [0.15, 0.2) is 39.9 Å². The van der Waals surface area contributed by atoms with Gasteiger partial charge in [-0.2, -0.15) is 13.2 Å². The molecule has 25 heteroatoms. The lowest BCUT2D eigenvalue weighted by atomic mass is 10.0. The maximum Gasteiger partial charge on any atom is 0.431 e. The van der Waals surface area contributed by atoms with E-state index in [0.717, 1.165) is 26.0 Å². The molecule has 60 heavy (non-hydrogen) atoms.